The molecule has 0 saturated carbocycles. The molecular formula is C17H26N2O. The van der Waals surface area contributed by atoms with E-state index < -0.39 is 0 Å². The molecule has 1 unspecified atom stereocenters. The van der Waals surface area contributed by atoms with Crippen LogP contribution in [0.2, 0.25) is 0 Å². The molecule has 3 nitrogen and oxygen atoms in total. The standard InChI is InChI=1S/C17H26N2O/c1-3-17(4-2)13-18-9-10-19(17)12-15-11-14-7-5-6-8-16(14)20-15/h5-8,15,18H,3-4,9-13H2,1-2H3. The molecule has 3 heteroatoms. The number of piperazine rings is 1. The Balaban J connectivity index is 1.68. The Morgan fingerprint density at radius 3 is 2.85 bits per heavy atom. The first-order valence-electron chi connectivity index (χ1n) is 7.98. The van der Waals surface area contributed by atoms with Crippen molar-refractivity contribution < 1.29 is 4.74 Å². The third-order valence-electron chi connectivity index (χ3n) is 5.14. The summed E-state index contributed by atoms with van der Waals surface area (Å²) in [4.78, 5) is 2.67. The number of ether oxygens (including phenoxy) is 1. The fraction of sp³-hybridized carbons (Fsp3) is 0.647. The lowest BCUT2D eigenvalue weighted by atomic mass is 9.88. The van der Waals surface area contributed by atoms with Crippen molar-refractivity contribution in [3.63, 3.8) is 0 Å². The zero-order valence-electron chi connectivity index (χ0n) is 12.7. The number of nitrogens with one attached hydrogen (secondary N) is 1. The summed E-state index contributed by atoms with van der Waals surface area (Å²) >= 11 is 0. The first kappa shape index (κ1) is 13.9. The van der Waals surface area contributed by atoms with Crippen LogP contribution in [0.15, 0.2) is 24.3 Å². The third-order valence-corrected chi connectivity index (χ3v) is 5.14. The molecule has 1 N–H and O–H groups in total. The summed E-state index contributed by atoms with van der Waals surface area (Å²) in [7, 11) is 0. The van der Waals surface area contributed by atoms with E-state index in [1.807, 2.05) is 0 Å². The van der Waals surface area contributed by atoms with Gasteiger partial charge in [-0.3, -0.25) is 4.90 Å². The maximum atomic E-state index is 6.13. The van der Waals surface area contributed by atoms with Crippen molar-refractivity contribution in [1.29, 1.82) is 0 Å². The Bertz CT molecular complexity index is 431. The van der Waals surface area contributed by atoms with Crippen LogP contribution in [0.3, 0.4) is 0 Å². The summed E-state index contributed by atoms with van der Waals surface area (Å²) in [5.41, 5.74) is 1.68. The fourth-order valence-electron chi connectivity index (χ4n) is 3.72. The minimum atomic E-state index is 0.316. The molecule has 110 valence electrons. The monoisotopic (exact) mass is 274 g/mol. The summed E-state index contributed by atoms with van der Waals surface area (Å²) < 4.78 is 6.13. The van der Waals surface area contributed by atoms with Gasteiger partial charge in [0, 0.05) is 38.1 Å². The highest BCUT2D eigenvalue weighted by Crippen LogP contribution is 2.31. The lowest BCUT2D eigenvalue weighted by Gasteiger charge is -2.47. The molecule has 0 aromatic heterocycles. The van der Waals surface area contributed by atoms with E-state index in [4.69, 9.17) is 4.74 Å². The van der Waals surface area contributed by atoms with Crippen LogP contribution in [0.25, 0.3) is 0 Å². The first-order valence-corrected chi connectivity index (χ1v) is 7.98. The smallest absolute Gasteiger partial charge is 0.123 e. The van der Waals surface area contributed by atoms with Gasteiger partial charge in [-0.05, 0) is 24.5 Å². The number of rotatable bonds is 4. The topological polar surface area (TPSA) is 24.5 Å². The SMILES string of the molecule is CCC1(CC)CNCCN1CC1Cc2ccccc2O1. The van der Waals surface area contributed by atoms with Crippen molar-refractivity contribution >= 4 is 0 Å². The second-order valence-electron chi connectivity index (χ2n) is 6.11. The Hall–Kier alpha value is -1.06. The molecule has 1 aromatic carbocycles. The average Bonchev–Trinajstić information content (AvgIpc) is 2.90. The van der Waals surface area contributed by atoms with Crippen molar-refractivity contribution in [2.75, 3.05) is 26.2 Å². The maximum Gasteiger partial charge on any atom is 0.123 e. The van der Waals surface area contributed by atoms with Crippen LogP contribution in [-0.4, -0.2) is 42.7 Å². The van der Waals surface area contributed by atoms with Crippen molar-refractivity contribution in [3.8, 4) is 5.75 Å². The summed E-state index contributed by atoms with van der Waals surface area (Å²) in [6.45, 7) is 9.03. The van der Waals surface area contributed by atoms with Gasteiger partial charge in [-0.1, -0.05) is 32.0 Å². The number of nitrogens with zero attached hydrogens (tertiary/aromatic N) is 1. The second-order valence-corrected chi connectivity index (χ2v) is 6.11. The van der Waals surface area contributed by atoms with Gasteiger partial charge in [0.15, 0.2) is 0 Å². The van der Waals surface area contributed by atoms with Crippen LogP contribution >= 0.6 is 0 Å². The van der Waals surface area contributed by atoms with Crippen LogP contribution in [0, 0.1) is 0 Å². The number of para-hydroxylation sites is 1. The van der Waals surface area contributed by atoms with Gasteiger partial charge in [-0.25, -0.2) is 0 Å². The van der Waals surface area contributed by atoms with Gasteiger partial charge < -0.3 is 10.1 Å². The highest BCUT2D eigenvalue weighted by Gasteiger charge is 2.38. The van der Waals surface area contributed by atoms with Crippen LogP contribution < -0.4 is 10.1 Å². The largest absolute Gasteiger partial charge is 0.488 e. The van der Waals surface area contributed by atoms with Gasteiger partial charge in [0.2, 0.25) is 0 Å². The molecule has 2 heterocycles. The maximum absolute atomic E-state index is 6.13. The van der Waals surface area contributed by atoms with E-state index >= 15 is 0 Å². The molecule has 0 radical (unpaired) electrons. The predicted molar refractivity (Wildman–Crippen MR) is 82.3 cm³/mol. The van der Waals surface area contributed by atoms with Crippen molar-refractivity contribution in [2.45, 2.75) is 44.8 Å². The second kappa shape index (κ2) is 5.74. The summed E-state index contributed by atoms with van der Waals surface area (Å²) in [5, 5.41) is 3.57. The van der Waals surface area contributed by atoms with E-state index in [1.54, 1.807) is 0 Å². The van der Waals surface area contributed by atoms with Gasteiger partial charge in [-0.15, -0.1) is 0 Å². The predicted octanol–water partition coefficient (Wildman–Crippen LogP) is 2.45. The quantitative estimate of drug-likeness (QED) is 0.913. The molecule has 2 aliphatic rings. The van der Waals surface area contributed by atoms with Gasteiger partial charge in [0.25, 0.3) is 0 Å². The van der Waals surface area contributed by atoms with Gasteiger partial charge in [-0.2, -0.15) is 0 Å². The lowest BCUT2D eigenvalue weighted by molar-refractivity contribution is 0.0221. The molecule has 0 bridgehead atoms. The Labute approximate surface area is 122 Å². The van der Waals surface area contributed by atoms with Crippen LogP contribution in [0.4, 0.5) is 0 Å². The number of hydrogen-bond acceptors (Lipinski definition) is 3. The van der Waals surface area contributed by atoms with E-state index in [0.717, 1.165) is 38.3 Å². The molecule has 0 aliphatic carbocycles. The van der Waals surface area contributed by atoms with Gasteiger partial charge in [0.05, 0.1) is 0 Å². The van der Waals surface area contributed by atoms with E-state index in [-0.39, 0.29) is 0 Å². The summed E-state index contributed by atoms with van der Waals surface area (Å²) in [5.74, 6) is 1.09. The molecule has 2 aliphatic heterocycles. The van der Waals surface area contributed by atoms with E-state index in [0.29, 0.717) is 11.6 Å². The summed E-state index contributed by atoms with van der Waals surface area (Å²) in [6.07, 6.45) is 3.79. The highest BCUT2D eigenvalue weighted by molar-refractivity contribution is 5.37. The molecule has 0 amide bonds. The van der Waals surface area contributed by atoms with Gasteiger partial charge >= 0.3 is 0 Å². The number of hydrogen-bond donors (Lipinski definition) is 1. The van der Waals surface area contributed by atoms with Crippen molar-refractivity contribution in [2.24, 2.45) is 0 Å². The summed E-state index contributed by atoms with van der Waals surface area (Å²) in [6, 6.07) is 8.46. The van der Waals surface area contributed by atoms with Crippen LogP contribution in [0.5, 0.6) is 5.75 Å². The molecule has 1 aromatic rings. The Morgan fingerprint density at radius 1 is 1.30 bits per heavy atom. The third kappa shape index (κ3) is 2.45. The molecule has 0 spiro atoms. The average molecular weight is 274 g/mol. The Kier molecular flexibility index (Phi) is 3.99. The normalized spacial score (nSPS) is 25.2. The van der Waals surface area contributed by atoms with Crippen molar-refractivity contribution in [1.82, 2.24) is 10.2 Å². The van der Waals surface area contributed by atoms with Crippen molar-refractivity contribution in [3.05, 3.63) is 29.8 Å². The number of benzene rings is 1. The van der Waals surface area contributed by atoms with Gasteiger partial charge in [0.1, 0.15) is 11.9 Å². The van der Waals surface area contributed by atoms with E-state index in [2.05, 4.69) is 48.3 Å². The first-order chi connectivity index (χ1) is 9.77. The molecular weight excluding hydrogens is 248 g/mol. The lowest BCUT2D eigenvalue weighted by Crippen LogP contribution is -2.62. The zero-order chi connectivity index (χ0) is 14.0. The molecule has 3 rings (SSSR count). The molecule has 1 fully saturated rings. The molecule has 1 saturated heterocycles. The highest BCUT2D eigenvalue weighted by atomic mass is 16.5. The van der Waals surface area contributed by atoms with Crippen LogP contribution in [0.1, 0.15) is 32.3 Å². The van der Waals surface area contributed by atoms with E-state index in [1.165, 1.54) is 18.4 Å². The fourth-order valence-corrected chi connectivity index (χ4v) is 3.72. The number of fused-ring (bicyclic) bond motifs is 1. The minimum Gasteiger partial charge on any atom is -0.488 e. The molecule has 20 heavy (non-hydrogen) atoms. The minimum absolute atomic E-state index is 0.316. The zero-order valence-corrected chi connectivity index (χ0v) is 12.7. The van der Waals surface area contributed by atoms with Crippen LogP contribution in [-0.2, 0) is 6.42 Å². The molecule has 1 atom stereocenters. The van der Waals surface area contributed by atoms with E-state index in [9.17, 15) is 0 Å². The Morgan fingerprint density at radius 2 is 2.10 bits per heavy atom.